The minimum absolute atomic E-state index is 0.138. The van der Waals surface area contributed by atoms with E-state index in [0.717, 1.165) is 26.2 Å². The van der Waals surface area contributed by atoms with Crippen molar-refractivity contribution in [2.24, 2.45) is 0 Å². The maximum Gasteiger partial charge on any atom is 0.134 e. The monoisotopic (exact) mass is 165 g/mol. The zero-order valence-corrected chi connectivity index (χ0v) is 7.34. The van der Waals surface area contributed by atoms with Crippen molar-refractivity contribution in [3.63, 3.8) is 0 Å². The Morgan fingerprint density at radius 1 is 1.17 bits per heavy atom. The summed E-state index contributed by atoms with van der Waals surface area (Å²) in [4.78, 5) is 2.35. The molecule has 3 heteroatoms. The number of rotatable bonds is 1. The molecule has 0 atom stereocenters. The molecule has 0 radical (unpaired) electrons. The molecule has 0 aromatic heterocycles. The average molecular weight is 165 g/mol. The van der Waals surface area contributed by atoms with Crippen LogP contribution in [0.5, 0.6) is 0 Å². The van der Waals surface area contributed by atoms with Crippen LogP contribution in [0.2, 0.25) is 0 Å². The van der Waals surface area contributed by atoms with Gasteiger partial charge in [0, 0.05) is 13.1 Å². The van der Waals surface area contributed by atoms with Crippen LogP contribution in [0, 0.1) is 11.3 Å². The first-order chi connectivity index (χ1) is 5.87. The largest absolute Gasteiger partial charge is 0.311 e. The maximum absolute atomic E-state index is 9.06. The minimum atomic E-state index is -0.138. The molecule has 2 aliphatic heterocycles. The summed E-state index contributed by atoms with van der Waals surface area (Å²) in [7, 11) is 0. The lowest BCUT2D eigenvalue weighted by Gasteiger charge is -2.47. The van der Waals surface area contributed by atoms with Crippen molar-refractivity contribution in [1.29, 1.82) is 5.26 Å². The Morgan fingerprint density at radius 2 is 1.83 bits per heavy atom. The fourth-order valence-corrected chi connectivity index (χ4v) is 2.06. The zero-order chi connectivity index (χ0) is 8.44. The Balaban J connectivity index is 2.01. The zero-order valence-electron chi connectivity index (χ0n) is 7.34. The predicted octanol–water partition coefficient (Wildman–Crippen LogP) is 0.338. The highest BCUT2D eigenvalue weighted by Crippen LogP contribution is 2.23. The fraction of sp³-hybridized carbons (Fsp3) is 0.889. The molecule has 2 rings (SSSR count). The van der Waals surface area contributed by atoms with Gasteiger partial charge in [0.2, 0.25) is 0 Å². The Kier molecular flexibility index (Phi) is 2.03. The van der Waals surface area contributed by atoms with E-state index < -0.39 is 0 Å². The van der Waals surface area contributed by atoms with Crippen LogP contribution >= 0.6 is 0 Å². The molecule has 2 aliphatic rings. The lowest BCUT2D eigenvalue weighted by molar-refractivity contribution is 0.0668. The molecule has 0 bridgehead atoms. The van der Waals surface area contributed by atoms with E-state index in [4.69, 9.17) is 5.26 Å². The molecule has 2 fully saturated rings. The molecule has 3 nitrogen and oxygen atoms in total. The highest BCUT2D eigenvalue weighted by Gasteiger charge is 2.42. The highest BCUT2D eigenvalue weighted by molar-refractivity contribution is 5.17. The molecule has 1 N–H and O–H groups in total. The van der Waals surface area contributed by atoms with Crippen molar-refractivity contribution in [3.05, 3.63) is 0 Å². The molecule has 0 aromatic carbocycles. The summed E-state index contributed by atoms with van der Waals surface area (Å²) in [6.07, 6.45) is 3.87. The van der Waals surface area contributed by atoms with Crippen molar-refractivity contribution in [3.8, 4) is 6.07 Å². The van der Waals surface area contributed by atoms with Crippen LogP contribution in [0.3, 0.4) is 0 Å². The molecule has 2 saturated heterocycles. The van der Waals surface area contributed by atoms with Crippen LogP contribution in [0.25, 0.3) is 0 Å². The molecule has 0 aliphatic carbocycles. The van der Waals surface area contributed by atoms with E-state index >= 15 is 0 Å². The van der Waals surface area contributed by atoms with Gasteiger partial charge in [0.05, 0.1) is 6.07 Å². The van der Waals surface area contributed by atoms with Gasteiger partial charge in [-0.3, -0.25) is 4.90 Å². The third-order valence-electron chi connectivity index (χ3n) is 3.00. The number of nitriles is 1. The van der Waals surface area contributed by atoms with E-state index in [-0.39, 0.29) is 5.54 Å². The summed E-state index contributed by atoms with van der Waals surface area (Å²) in [5.74, 6) is 0. The molecule has 0 spiro atoms. The van der Waals surface area contributed by atoms with E-state index in [9.17, 15) is 0 Å². The Morgan fingerprint density at radius 3 is 2.25 bits per heavy atom. The second kappa shape index (κ2) is 3.04. The summed E-state index contributed by atoms with van der Waals surface area (Å²) < 4.78 is 0. The topological polar surface area (TPSA) is 39.1 Å². The van der Waals surface area contributed by atoms with Gasteiger partial charge in [-0.05, 0) is 25.9 Å². The van der Waals surface area contributed by atoms with Crippen LogP contribution in [0.4, 0.5) is 0 Å². The van der Waals surface area contributed by atoms with Crippen molar-refractivity contribution in [1.82, 2.24) is 10.2 Å². The third kappa shape index (κ3) is 1.12. The highest BCUT2D eigenvalue weighted by atomic mass is 15.3. The van der Waals surface area contributed by atoms with Crippen LogP contribution < -0.4 is 5.32 Å². The molecule has 12 heavy (non-hydrogen) atoms. The minimum Gasteiger partial charge on any atom is -0.311 e. The number of piperidine rings is 1. The summed E-state index contributed by atoms with van der Waals surface area (Å²) in [5.41, 5.74) is -0.138. The first kappa shape index (κ1) is 8.03. The van der Waals surface area contributed by atoms with E-state index in [1.807, 2.05) is 0 Å². The Bertz CT molecular complexity index is 196. The fourth-order valence-electron chi connectivity index (χ4n) is 2.06. The number of nitrogens with one attached hydrogen (secondary N) is 1. The van der Waals surface area contributed by atoms with Crippen LogP contribution in [-0.4, -0.2) is 36.6 Å². The average Bonchev–Trinajstić information content (AvgIpc) is 2.05. The molecule has 0 aromatic rings. The van der Waals surface area contributed by atoms with Crippen molar-refractivity contribution >= 4 is 0 Å². The number of hydrogen-bond acceptors (Lipinski definition) is 3. The molecule has 0 saturated carbocycles. The van der Waals surface area contributed by atoms with Gasteiger partial charge in [-0.1, -0.05) is 6.42 Å². The molecule has 0 amide bonds. The maximum atomic E-state index is 9.06. The van der Waals surface area contributed by atoms with Crippen molar-refractivity contribution in [2.75, 3.05) is 26.2 Å². The lowest BCUT2D eigenvalue weighted by Crippen LogP contribution is -2.68. The molecule has 0 unspecified atom stereocenters. The van der Waals surface area contributed by atoms with Gasteiger partial charge in [-0.25, -0.2) is 0 Å². The summed E-state index contributed by atoms with van der Waals surface area (Å²) in [6.45, 7) is 3.97. The quantitative estimate of drug-likeness (QED) is 0.609. The standard InChI is InChI=1S/C9H15N3/c10-6-9(7-11-8-9)12-4-2-1-3-5-12/h11H,1-5,7-8H2. The van der Waals surface area contributed by atoms with Crippen molar-refractivity contribution < 1.29 is 0 Å². The van der Waals surface area contributed by atoms with Gasteiger partial charge < -0.3 is 5.32 Å². The SMILES string of the molecule is N#CC1(N2CCCCC2)CNC1. The lowest BCUT2D eigenvalue weighted by atomic mass is 9.90. The molecular weight excluding hydrogens is 150 g/mol. The van der Waals surface area contributed by atoms with Gasteiger partial charge in [0.15, 0.2) is 0 Å². The first-order valence-electron chi connectivity index (χ1n) is 4.74. The second-order valence-electron chi connectivity index (χ2n) is 3.79. The normalized spacial score (nSPS) is 28.9. The molecule has 66 valence electrons. The predicted molar refractivity (Wildman–Crippen MR) is 46.6 cm³/mol. The van der Waals surface area contributed by atoms with Gasteiger partial charge >= 0.3 is 0 Å². The summed E-state index contributed by atoms with van der Waals surface area (Å²) >= 11 is 0. The van der Waals surface area contributed by atoms with E-state index in [1.54, 1.807) is 0 Å². The number of nitrogens with zero attached hydrogens (tertiary/aromatic N) is 2. The second-order valence-corrected chi connectivity index (χ2v) is 3.79. The van der Waals surface area contributed by atoms with Crippen LogP contribution in [0.15, 0.2) is 0 Å². The van der Waals surface area contributed by atoms with Crippen LogP contribution in [0.1, 0.15) is 19.3 Å². The third-order valence-corrected chi connectivity index (χ3v) is 3.00. The Hall–Kier alpha value is -0.590. The van der Waals surface area contributed by atoms with E-state index in [2.05, 4.69) is 16.3 Å². The number of hydrogen-bond donors (Lipinski definition) is 1. The smallest absolute Gasteiger partial charge is 0.134 e. The summed E-state index contributed by atoms with van der Waals surface area (Å²) in [5, 5.41) is 12.2. The van der Waals surface area contributed by atoms with Gasteiger partial charge in [-0.2, -0.15) is 5.26 Å². The summed E-state index contributed by atoms with van der Waals surface area (Å²) in [6, 6.07) is 2.45. The van der Waals surface area contributed by atoms with Gasteiger partial charge in [0.1, 0.15) is 5.54 Å². The van der Waals surface area contributed by atoms with Gasteiger partial charge in [0.25, 0.3) is 0 Å². The van der Waals surface area contributed by atoms with Crippen molar-refractivity contribution in [2.45, 2.75) is 24.8 Å². The molecular formula is C9H15N3. The van der Waals surface area contributed by atoms with E-state index in [1.165, 1.54) is 19.3 Å². The van der Waals surface area contributed by atoms with E-state index in [0.29, 0.717) is 0 Å². The molecule has 2 heterocycles. The van der Waals surface area contributed by atoms with Crippen LogP contribution in [-0.2, 0) is 0 Å². The van der Waals surface area contributed by atoms with Gasteiger partial charge in [-0.15, -0.1) is 0 Å². The first-order valence-corrected chi connectivity index (χ1v) is 4.74. The Labute approximate surface area is 73.3 Å². The number of likely N-dealkylation sites (tertiary alicyclic amines) is 1.